The van der Waals surface area contributed by atoms with E-state index in [1.165, 1.54) is 31.4 Å². The first kappa shape index (κ1) is 22.1. The summed E-state index contributed by atoms with van der Waals surface area (Å²) in [6.07, 6.45) is 1.56. The fraction of sp³-hybridized carbons (Fsp3) is 0.150. The number of ether oxygens (including phenoxy) is 2. The Morgan fingerprint density at radius 2 is 1.97 bits per heavy atom. The number of benzene rings is 2. The molecule has 0 atom stereocenters. The van der Waals surface area contributed by atoms with Crippen molar-refractivity contribution in [2.75, 3.05) is 13.7 Å². The number of methoxy groups -OCH3 is 1. The summed E-state index contributed by atoms with van der Waals surface area (Å²) in [6, 6.07) is 8.86. The molecule has 0 aliphatic carbocycles. The highest BCUT2D eigenvalue weighted by Crippen LogP contribution is 2.37. The molecule has 1 heterocycles. The molecule has 0 saturated carbocycles. The van der Waals surface area contributed by atoms with Gasteiger partial charge in [0, 0.05) is 0 Å². The molecule has 156 valence electrons. The zero-order valence-electron chi connectivity index (χ0n) is 15.6. The van der Waals surface area contributed by atoms with E-state index in [1.807, 2.05) is 22.6 Å². The number of carbonyl (C=O) groups is 3. The Hall–Kier alpha value is -2.60. The van der Waals surface area contributed by atoms with Gasteiger partial charge in [-0.25, -0.2) is 9.18 Å². The Kier molecular flexibility index (Phi) is 6.98. The maximum Gasteiger partial charge on any atom is 0.341 e. The van der Waals surface area contributed by atoms with E-state index in [-0.39, 0.29) is 17.2 Å². The summed E-state index contributed by atoms with van der Waals surface area (Å²) in [6.45, 7) is -0.473. The Bertz CT molecular complexity index is 1040. The van der Waals surface area contributed by atoms with Gasteiger partial charge in [-0.2, -0.15) is 0 Å². The predicted octanol–water partition coefficient (Wildman–Crippen LogP) is 4.14. The van der Waals surface area contributed by atoms with Crippen LogP contribution in [-0.2, 0) is 16.1 Å². The molecule has 0 radical (unpaired) electrons. The van der Waals surface area contributed by atoms with Crippen molar-refractivity contribution in [3.05, 3.63) is 61.8 Å². The van der Waals surface area contributed by atoms with E-state index in [1.54, 1.807) is 18.2 Å². The molecule has 1 aliphatic rings. The van der Waals surface area contributed by atoms with Gasteiger partial charge in [-0.1, -0.05) is 12.1 Å². The van der Waals surface area contributed by atoms with Crippen LogP contribution in [0.3, 0.4) is 0 Å². The maximum atomic E-state index is 13.1. The van der Waals surface area contributed by atoms with Crippen molar-refractivity contribution in [2.45, 2.75) is 6.54 Å². The number of imide groups is 1. The van der Waals surface area contributed by atoms with E-state index in [9.17, 15) is 18.8 Å². The highest BCUT2D eigenvalue weighted by Gasteiger charge is 2.35. The van der Waals surface area contributed by atoms with E-state index in [4.69, 9.17) is 14.6 Å². The molecule has 0 unspecified atom stereocenters. The molecule has 2 aromatic carbocycles. The summed E-state index contributed by atoms with van der Waals surface area (Å²) >= 11 is 2.78. The molecule has 2 amide bonds. The van der Waals surface area contributed by atoms with E-state index >= 15 is 0 Å². The fourth-order valence-electron chi connectivity index (χ4n) is 2.66. The molecule has 1 saturated heterocycles. The third-order valence-corrected chi connectivity index (χ3v) is 5.73. The van der Waals surface area contributed by atoms with Crippen LogP contribution in [0.2, 0.25) is 0 Å². The minimum absolute atomic E-state index is 0.0467. The normalized spacial score (nSPS) is 15.0. The molecule has 2 aromatic rings. The number of aliphatic carboxylic acids is 1. The minimum Gasteiger partial charge on any atom is -0.493 e. The van der Waals surface area contributed by atoms with Crippen LogP contribution in [0, 0.1) is 9.39 Å². The molecular formula is C20H15FINO6S. The summed E-state index contributed by atoms with van der Waals surface area (Å²) < 4.78 is 24.2. The van der Waals surface area contributed by atoms with Gasteiger partial charge in [0.15, 0.2) is 18.1 Å². The second-order valence-electron chi connectivity index (χ2n) is 6.11. The lowest BCUT2D eigenvalue weighted by atomic mass is 10.1. The number of nitrogens with zero attached hydrogens (tertiary/aromatic N) is 1. The van der Waals surface area contributed by atoms with Crippen molar-refractivity contribution in [1.82, 2.24) is 4.90 Å². The maximum absolute atomic E-state index is 13.1. The van der Waals surface area contributed by atoms with Crippen molar-refractivity contribution in [3.8, 4) is 11.5 Å². The van der Waals surface area contributed by atoms with Gasteiger partial charge in [0.25, 0.3) is 11.1 Å². The third kappa shape index (κ3) is 5.11. The van der Waals surface area contributed by atoms with Gasteiger partial charge >= 0.3 is 5.97 Å². The standard InChI is InChI=1S/C20H15FINO6S/c1-28-15-7-12(6-14(22)18(15)29-10-17(24)25)8-16-19(26)23(20(27)30-16)9-11-2-4-13(21)5-3-11/h2-8H,9-10H2,1H3,(H,24,25)/b16-8-. The molecule has 30 heavy (non-hydrogen) atoms. The zero-order valence-corrected chi connectivity index (χ0v) is 18.5. The van der Waals surface area contributed by atoms with Crippen LogP contribution in [0.5, 0.6) is 11.5 Å². The van der Waals surface area contributed by atoms with Gasteiger partial charge in [-0.15, -0.1) is 0 Å². The molecular weight excluding hydrogens is 528 g/mol. The smallest absolute Gasteiger partial charge is 0.341 e. The molecule has 10 heteroatoms. The second kappa shape index (κ2) is 9.47. The highest BCUT2D eigenvalue weighted by atomic mass is 127. The fourth-order valence-corrected chi connectivity index (χ4v) is 4.28. The molecule has 1 fully saturated rings. The predicted molar refractivity (Wildman–Crippen MR) is 117 cm³/mol. The lowest BCUT2D eigenvalue weighted by Crippen LogP contribution is -2.27. The van der Waals surface area contributed by atoms with E-state index in [2.05, 4.69) is 0 Å². The van der Waals surface area contributed by atoms with Crippen LogP contribution < -0.4 is 9.47 Å². The van der Waals surface area contributed by atoms with Crippen LogP contribution >= 0.6 is 34.4 Å². The number of carboxylic acids is 1. The lowest BCUT2D eigenvalue weighted by molar-refractivity contribution is -0.139. The number of rotatable bonds is 7. The number of amides is 2. The number of carboxylic acid groups (broad SMARTS) is 1. The first-order chi connectivity index (χ1) is 14.3. The van der Waals surface area contributed by atoms with Gasteiger partial charge in [0.05, 0.1) is 22.1 Å². The van der Waals surface area contributed by atoms with Gasteiger partial charge < -0.3 is 14.6 Å². The number of carbonyl (C=O) groups excluding carboxylic acids is 2. The van der Waals surface area contributed by atoms with Crippen molar-refractivity contribution in [2.24, 2.45) is 0 Å². The van der Waals surface area contributed by atoms with Gasteiger partial charge in [0.1, 0.15) is 5.82 Å². The molecule has 3 rings (SSSR count). The van der Waals surface area contributed by atoms with E-state index in [0.29, 0.717) is 20.4 Å². The molecule has 7 nitrogen and oxygen atoms in total. The quantitative estimate of drug-likeness (QED) is 0.415. The topological polar surface area (TPSA) is 93.1 Å². The molecule has 0 aromatic heterocycles. The van der Waals surface area contributed by atoms with Crippen molar-refractivity contribution in [1.29, 1.82) is 0 Å². The largest absolute Gasteiger partial charge is 0.493 e. The Morgan fingerprint density at radius 3 is 2.60 bits per heavy atom. The number of halogens is 2. The number of hydrogen-bond donors (Lipinski definition) is 1. The summed E-state index contributed by atoms with van der Waals surface area (Å²) in [5.41, 5.74) is 1.22. The van der Waals surface area contributed by atoms with Crippen LogP contribution in [0.25, 0.3) is 6.08 Å². The van der Waals surface area contributed by atoms with E-state index < -0.39 is 29.5 Å². The second-order valence-corrected chi connectivity index (χ2v) is 8.27. The Balaban J connectivity index is 1.83. The van der Waals surface area contributed by atoms with Crippen molar-refractivity contribution < 1.29 is 33.4 Å². The van der Waals surface area contributed by atoms with Gasteiger partial charge in [-0.3, -0.25) is 14.5 Å². The average molecular weight is 543 g/mol. The minimum atomic E-state index is -1.12. The van der Waals surface area contributed by atoms with Crippen LogP contribution in [-0.4, -0.2) is 40.8 Å². The average Bonchev–Trinajstić information content (AvgIpc) is 2.95. The molecule has 0 spiro atoms. The van der Waals surface area contributed by atoms with Gasteiger partial charge in [0.2, 0.25) is 0 Å². The SMILES string of the molecule is COc1cc(/C=C2\SC(=O)N(Cc3ccc(F)cc3)C2=O)cc(I)c1OCC(=O)O. The summed E-state index contributed by atoms with van der Waals surface area (Å²) in [5.74, 6) is -1.38. The first-order valence-electron chi connectivity index (χ1n) is 8.50. The van der Waals surface area contributed by atoms with Crippen LogP contribution in [0.15, 0.2) is 41.3 Å². The van der Waals surface area contributed by atoms with Crippen molar-refractivity contribution in [3.63, 3.8) is 0 Å². The van der Waals surface area contributed by atoms with Crippen LogP contribution in [0.4, 0.5) is 9.18 Å². The summed E-state index contributed by atoms with van der Waals surface area (Å²) in [7, 11) is 1.42. The highest BCUT2D eigenvalue weighted by molar-refractivity contribution is 14.1. The van der Waals surface area contributed by atoms with Crippen LogP contribution in [0.1, 0.15) is 11.1 Å². The summed E-state index contributed by atoms with van der Waals surface area (Å²) in [4.78, 5) is 37.1. The molecule has 0 bridgehead atoms. The molecule has 1 N–H and O–H groups in total. The zero-order chi connectivity index (χ0) is 21.8. The summed E-state index contributed by atoms with van der Waals surface area (Å²) in [5, 5.41) is 8.38. The van der Waals surface area contributed by atoms with Gasteiger partial charge in [-0.05, 0) is 75.8 Å². The number of thioether (sulfide) groups is 1. The van der Waals surface area contributed by atoms with E-state index in [0.717, 1.165) is 16.7 Å². The first-order valence-corrected chi connectivity index (χ1v) is 10.4. The molecule has 1 aliphatic heterocycles. The van der Waals surface area contributed by atoms with Crippen molar-refractivity contribution >= 4 is 57.5 Å². The monoisotopic (exact) mass is 543 g/mol. The third-order valence-electron chi connectivity index (χ3n) is 4.02. The lowest BCUT2D eigenvalue weighted by Gasteiger charge is -2.13. The number of hydrogen-bond acceptors (Lipinski definition) is 6. The Labute approximate surface area is 189 Å². The Morgan fingerprint density at radius 1 is 1.27 bits per heavy atom.